The molecule has 15 heavy (non-hydrogen) atoms. The van der Waals surface area contributed by atoms with Gasteiger partial charge in [-0.15, -0.1) is 0 Å². The summed E-state index contributed by atoms with van der Waals surface area (Å²) in [4.78, 5) is 4.14. The molecule has 0 amide bonds. The van der Waals surface area contributed by atoms with Crippen LogP contribution in [-0.2, 0) is 0 Å². The van der Waals surface area contributed by atoms with E-state index in [0.29, 0.717) is 18.2 Å². The van der Waals surface area contributed by atoms with Gasteiger partial charge < -0.3 is 9.26 Å². The minimum atomic E-state index is 0.580. The molecule has 0 saturated heterocycles. The summed E-state index contributed by atoms with van der Waals surface area (Å²) in [7, 11) is 0. The van der Waals surface area contributed by atoms with Gasteiger partial charge in [-0.05, 0) is 26.0 Å². The third-order valence-electron chi connectivity index (χ3n) is 1.95. The zero-order chi connectivity index (χ0) is 10.7. The lowest BCUT2D eigenvalue weighted by Crippen LogP contribution is -1.95. The van der Waals surface area contributed by atoms with Crippen molar-refractivity contribution in [1.82, 2.24) is 10.1 Å². The van der Waals surface area contributed by atoms with Gasteiger partial charge in [-0.3, -0.25) is 0 Å². The van der Waals surface area contributed by atoms with Crippen molar-refractivity contribution in [2.75, 3.05) is 6.61 Å². The van der Waals surface area contributed by atoms with Crippen LogP contribution in [0.4, 0.5) is 0 Å². The summed E-state index contributed by atoms with van der Waals surface area (Å²) in [6.45, 7) is 4.38. The SMILES string of the molecule is CCOc1ncccc1-c1cc(C)no1. The monoisotopic (exact) mass is 204 g/mol. The Bertz CT molecular complexity index is 451. The maximum atomic E-state index is 5.40. The number of hydrogen-bond donors (Lipinski definition) is 0. The van der Waals surface area contributed by atoms with Crippen LogP contribution in [0.15, 0.2) is 28.9 Å². The van der Waals surface area contributed by atoms with Gasteiger partial charge in [0.2, 0.25) is 5.88 Å². The van der Waals surface area contributed by atoms with Crippen LogP contribution in [-0.4, -0.2) is 16.7 Å². The molecule has 78 valence electrons. The van der Waals surface area contributed by atoms with Crippen LogP contribution in [0.25, 0.3) is 11.3 Å². The van der Waals surface area contributed by atoms with Gasteiger partial charge in [-0.25, -0.2) is 4.98 Å². The fourth-order valence-corrected chi connectivity index (χ4v) is 1.32. The van der Waals surface area contributed by atoms with Crippen molar-refractivity contribution in [2.24, 2.45) is 0 Å². The molecule has 0 spiro atoms. The number of pyridine rings is 1. The minimum absolute atomic E-state index is 0.580. The first-order valence-corrected chi connectivity index (χ1v) is 4.82. The largest absolute Gasteiger partial charge is 0.477 e. The molecule has 2 aromatic rings. The molecule has 0 bridgehead atoms. The molecule has 2 heterocycles. The zero-order valence-corrected chi connectivity index (χ0v) is 8.73. The molecule has 0 aliphatic carbocycles. The molecule has 2 rings (SSSR count). The third kappa shape index (κ3) is 1.98. The smallest absolute Gasteiger partial charge is 0.224 e. The average molecular weight is 204 g/mol. The topological polar surface area (TPSA) is 48.2 Å². The van der Waals surface area contributed by atoms with E-state index in [-0.39, 0.29) is 0 Å². The Hall–Kier alpha value is -1.84. The molecule has 0 radical (unpaired) electrons. The second kappa shape index (κ2) is 4.13. The number of hydrogen-bond acceptors (Lipinski definition) is 4. The summed E-state index contributed by atoms with van der Waals surface area (Å²) in [5.41, 5.74) is 1.68. The van der Waals surface area contributed by atoms with E-state index in [1.165, 1.54) is 0 Å². The third-order valence-corrected chi connectivity index (χ3v) is 1.95. The summed E-state index contributed by atoms with van der Waals surface area (Å²) in [5, 5.41) is 3.84. The molecule has 0 N–H and O–H groups in total. The van der Waals surface area contributed by atoms with Gasteiger partial charge >= 0.3 is 0 Å². The Morgan fingerprint density at radius 1 is 1.47 bits per heavy atom. The fourth-order valence-electron chi connectivity index (χ4n) is 1.32. The number of nitrogens with zero attached hydrogens (tertiary/aromatic N) is 2. The van der Waals surface area contributed by atoms with Gasteiger partial charge in [-0.1, -0.05) is 5.16 Å². The first-order chi connectivity index (χ1) is 7.31. The summed E-state index contributed by atoms with van der Waals surface area (Å²) in [6.07, 6.45) is 1.69. The van der Waals surface area contributed by atoms with Gasteiger partial charge in [-0.2, -0.15) is 0 Å². The molecule has 4 heteroatoms. The van der Waals surface area contributed by atoms with Crippen molar-refractivity contribution in [3.05, 3.63) is 30.1 Å². The molecule has 0 aromatic carbocycles. The lowest BCUT2D eigenvalue weighted by Gasteiger charge is -2.04. The summed E-state index contributed by atoms with van der Waals surface area (Å²) >= 11 is 0. The van der Waals surface area contributed by atoms with E-state index in [4.69, 9.17) is 9.26 Å². The molecule has 0 aliphatic rings. The van der Waals surface area contributed by atoms with Gasteiger partial charge in [0, 0.05) is 12.3 Å². The predicted octanol–water partition coefficient (Wildman–Crippen LogP) is 2.44. The fraction of sp³-hybridized carbons (Fsp3) is 0.273. The summed E-state index contributed by atoms with van der Waals surface area (Å²) < 4.78 is 10.6. The van der Waals surface area contributed by atoms with E-state index in [2.05, 4.69) is 10.1 Å². The Kier molecular flexibility index (Phi) is 2.67. The number of aryl methyl sites for hydroxylation is 1. The quantitative estimate of drug-likeness (QED) is 0.770. The highest BCUT2D eigenvalue weighted by Gasteiger charge is 2.11. The van der Waals surface area contributed by atoms with Crippen molar-refractivity contribution in [3.8, 4) is 17.2 Å². The molecule has 0 atom stereocenters. The normalized spacial score (nSPS) is 10.3. The van der Waals surface area contributed by atoms with Crippen molar-refractivity contribution in [3.63, 3.8) is 0 Å². The van der Waals surface area contributed by atoms with Crippen molar-refractivity contribution in [2.45, 2.75) is 13.8 Å². The molecule has 0 saturated carbocycles. The van der Waals surface area contributed by atoms with Crippen LogP contribution < -0.4 is 4.74 Å². The second-order valence-corrected chi connectivity index (χ2v) is 3.12. The van der Waals surface area contributed by atoms with Crippen molar-refractivity contribution < 1.29 is 9.26 Å². The first-order valence-electron chi connectivity index (χ1n) is 4.82. The van der Waals surface area contributed by atoms with Crippen LogP contribution in [0.2, 0.25) is 0 Å². The Morgan fingerprint density at radius 2 is 2.33 bits per heavy atom. The second-order valence-electron chi connectivity index (χ2n) is 3.12. The van der Waals surface area contributed by atoms with E-state index in [9.17, 15) is 0 Å². The number of ether oxygens (including phenoxy) is 1. The Balaban J connectivity index is 2.42. The highest BCUT2D eigenvalue weighted by atomic mass is 16.5. The molecular weight excluding hydrogens is 192 g/mol. The Morgan fingerprint density at radius 3 is 3.00 bits per heavy atom. The molecule has 0 fully saturated rings. The minimum Gasteiger partial charge on any atom is -0.477 e. The van der Waals surface area contributed by atoms with Crippen molar-refractivity contribution >= 4 is 0 Å². The molecular formula is C11H12N2O2. The Labute approximate surface area is 87.9 Å². The van der Waals surface area contributed by atoms with E-state index >= 15 is 0 Å². The van der Waals surface area contributed by atoms with Crippen molar-refractivity contribution in [1.29, 1.82) is 0 Å². The lowest BCUT2D eigenvalue weighted by atomic mass is 10.2. The molecule has 0 aliphatic heterocycles. The number of aromatic nitrogens is 2. The highest BCUT2D eigenvalue weighted by molar-refractivity contribution is 5.63. The molecule has 4 nitrogen and oxygen atoms in total. The average Bonchev–Trinajstić information content (AvgIpc) is 2.66. The van der Waals surface area contributed by atoms with Crippen LogP contribution in [0.3, 0.4) is 0 Å². The maximum Gasteiger partial charge on any atom is 0.224 e. The molecule has 0 unspecified atom stereocenters. The first kappa shape index (κ1) is 9.71. The van der Waals surface area contributed by atoms with E-state index in [0.717, 1.165) is 11.3 Å². The maximum absolute atomic E-state index is 5.40. The zero-order valence-electron chi connectivity index (χ0n) is 8.73. The highest BCUT2D eigenvalue weighted by Crippen LogP contribution is 2.27. The van der Waals surface area contributed by atoms with Crippen LogP contribution in [0.5, 0.6) is 5.88 Å². The van der Waals surface area contributed by atoms with Gasteiger partial charge in [0.15, 0.2) is 5.76 Å². The van der Waals surface area contributed by atoms with Gasteiger partial charge in [0.05, 0.1) is 17.9 Å². The van der Waals surface area contributed by atoms with Crippen LogP contribution >= 0.6 is 0 Å². The molecule has 2 aromatic heterocycles. The standard InChI is InChI=1S/C11H12N2O2/c1-3-14-11-9(5-4-6-12-11)10-7-8(2)13-15-10/h4-7H,3H2,1-2H3. The lowest BCUT2D eigenvalue weighted by molar-refractivity contribution is 0.326. The number of rotatable bonds is 3. The van der Waals surface area contributed by atoms with Gasteiger partial charge in [0.1, 0.15) is 0 Å². The van der Waals surface area contributed by atoms with E-state index in [1.807, 2.05) is 32.0 Å². The van der Waals surface area contributed by atoms with Crippen LogP contribution in [0, 0.1) is 6.92 Å². The van der Waals surface area contributed by atoms with E-state index < -0.39 is 0 Å². The van der Waals surface area contributed by atoms with Crippen LogP contribution in [0.1, 0.15) is 12.6 Å². The van der Waals surface area contributed by atoms with Gasteiger partial charge in [0.25, 0.3) is 0 Å². The summed E-state index contributed by atoms with van der Waals surface area (Å²) in [6, 6.07) is 5.60. The predicted molar refractivity (Wildman–Crippen MR) is 55.6 cm³/mol. The van der Waals surface area contributed by atoms with E-state index in [1.54, 1.807) is 6.20 Å². The summed E-state index contributed by atoms with van der Waals surface area (Å²) in [5.74, 6) is 1.26.